The Morgan fingerprint density at radius 2 is 1.88 bits per heavy atom. The topological polar surface area (TPSA) is 36.0 Å². The van der Waals surface area contributed by atoms with Gasteiger partial charge in [-0.25, -0.2) is 4.39 Å². The number of hydrogen-bond donors (Lipinski definition) is 0. The number of hydrogen-bond acceptors (Lipinski definition) is 4. The van der Waals surface area contributed by atoms with E-state index in [0.29, 0.717) is 43.4 Å². The van der Waals surface area contributed by atoms with Crippen LogP contribution < -0.4 is 0 Å². The van der Waals surface area contributed by atoms with Gasteiger partial charge < -0.3 is 9.64 Å². The van der Waals surface area contributed by atoms with E-state index in [-0.39, 0.29) is 17.8 Å². The monoisotopic (exact) mass is 369 g/mol. The first-order valence-corrected chi connectivity index (χ1v) is 9.20. The normalized spacial score (nSPS) is 21.3. The zero-order valence-corrected chi connectivity index (χ0v) is 15.3. The molecule has 1 amide bonds. The summed E-state index contributed by atoms with van der Waals surface area (Å²) in [7, 11) is 0. The van der Waals surface area contributed by atoms with E-state index in [0.717, 1.165) is 26.2 Å². The van der Waals surface area contributed by atoms with Crippen molar-refractivity contribution in [3.63, 3.8) is 0 Å². The van der Waals surface area contributed by atoms with E-state index in [1.165, 1.54) is 6.07 Å². The quantitative estimate of drug-likeness (QED) is 0.811. The highest BCUT2D eigenvalue weighted by atomic mass is 35.5. The summed E-state index contributed by atoms with van der Waals surface area (Å²) in [5.41, 5.74) is 0.551. The Labute approximate surface area is 153 Å². The summed E-state index contributed by atoms with van der Waals surface area (Å²) in [4.78, 5) is 18.9. The largest absolute Gasteiger partial charge is 0.378 e. The minimum Gasteiger partial charge on any atom is -0.378 e. The van der Waals surface area contributed by atoms with Gasteiger partial charge in [0, 0.05) is 56.4 Å². The van der Waals surface area contributed by atoms with E-state index in [9.17, 15) is 9.18 Å². The Kier molecular flexibility index (Phi) is 6.28. The van der Waals surface area contributed by atoms with E-state index < -0.39 is 0 Å². The highest BCUT2D eigenvalue weighted by molar-refractivity contribution is 6.31. The minimum absolute atomic E-state index is 0.128. The van der Waals surface area contributed by atoms with Crippen molar-refractivity contribution in [2.24, 2.45) is 0 Å². The first kappa shape index (κ1) is 18.6. The summed E-state index contributed by atoms with van der Waals surface area (Å²) in [6.07, 6.45) is 0. The van der Waals surface area contributed by atoms with Gasteiger partial charge in [-0.2, -0.15) is 0 Å². The van der Waals surface area contributed by atoms with Gasteiger partial charge in [0.05, 0.1) is 19.3 Å². The molecule has 0 bridgehead atoms. The summed E-state index contributed by atoms with van der Waals surface area (Å²) in [5, 5.41) is 0.471. The van der Waals surface area contributed by atoms with Crippen molar-refractivity contribution < 1.29 is 13.9 Å². The fourth-order valence-corrected chi connectivity index (χ4v) is 3.64. The Bertz CT molecular complexity index is 582. The van der Waals surface area contributed by atoms with Crippen molar-refractivity contribution in [2.75, 3.05) is 52.5 Å². The van der Waals surface area contributed by atoms with E-state index in [1.807, 2.05) is 11.8 Å². The van der Waals surface area contributed by atoms with Crippen molar-refractivity contribution in [1.82, 2.24) is 14.7 Å². The third-order valence-corrected chi connectivity index (χ3v) is 5.43. The summed E-state index contributed by atoms with van der Waals surface area (Å²) < 4.78 is 19.2. The summed E-state index contributed by atoms with van der Waals surface area (Å²) in [6.45, 7) is 8.25. The van der Waals surface area contributed by atoms with E-state index in [4.69, 9.17) is 16.3 Å². The van der Waals surface area contributed by atoms with Crippen LogP contribution in [0.3, 0.4) is 0 Å². The fraction of sp³-hybridized carbons (Fsp3) is 0.611. The second-order valence-corrected chi connectivity index (χ2v) is 7.03. The van der Waals surface area contributed by atoms with Crippen molar-refractivity contribution in [1.29, 1.82) is 0 Å². The SMILES string of the molecule is C[C@@H](C(=O)N1CCOCC1)N1CCN(Cc2c(F)cccc2Cl)CC1. The number of carbonyl (C=O) groups is 1. The molecule has 3 rings (SSSR count). The average molecular weight is 370 g/mol. The number of ether oxygens (including phenoxy) is 1. The Morgan fingerprint density at radius 1 is 1.20 bits per heavy atom. The molecule has 7 heteroatoms. The molecule has 2 aliphatic rings. The minimum atomic E-state index is -0.259. The van der Waals surface area contributed by atoms with E-state index in [2.05, 4.69) is 9.80 Å². The van der Waals surface area contributed by atoms with Gasteiger partial charge >= 0.3 is 0 Å². The molecule has 0 aromatic heterocycles. The molecule has 2 aliphatic heterocycles. The predicted molar refractivity (Wildman–Crippen MR) is 95.1 cm³/mol. The number of morpholine rings is 1. The van der Waals surface area contributed by atoms with Crippen LogP contribution in [0, 0.1) is 5.82 Å². The van der Waals surface area contributed by atoms with Crippen molar-refractivity contribution in [3.8, 4) is 0 Å². The molecular weight excluding hydrogens is 345 g/mol. The Hall–Kier alpha value is -1.21. The van der Waals surface area contributed by atoms with Gasteiger partial charge in [-0.3, -0.25) is 14.6 Å². The first-order valence-electron chi connectivity index (χ1n) is 8.82. The molecule has 0 saturated carbocycles. The van der Waals surface area contributed by atoms with Crippen LogP contribution in [0.2, 0.25) is 5.02 Å². The lowest BCUT2D eigenvalue weighted by atomic mass is 10.1. The number of halogens is 2. The van der Waals surface area contributed by atoms with E-state index >= 15 is 0 Å². The second-order valence-electron chi connectivity index (χ2n) is 6.63. The van der Waals surface area contributed by atoms with Crippen LogP contribution in [0.25, 0.3) is 0 Å². The standard InChI is InChI=1S/C18H25ClFN3O2/c1-14(18(24)23-9-11-25-12-10-23)22-7-5-21(6-8-22)13-15-16(19)3-2-4-17(15)20/h2-4,14H,5-13H2,1H3/t14-/m0/s1. The van der Waals surface area contributed by atoms with Crippen LogP contribution in [-0.2, 0) is 16.1 Å². The van der Waals surface area contributed by atoms with Gasteiger partial charge in [0.1, 0.15) is 5.82 Å². The second kappa shape index (κ2) is 8.45. The smallest absolute Gasteiger partial charge is 0.239 e. The van der Waals surface area contributed by atoms with Gasteiger partial charge in [-0.15, -0.1) is 0 Å². The highest BCUT2D eigenvalue weighted by Gasteiger charge is 2.29. The lowest BCUT2D eigenvalue weighted by molar-refractivity contribution is -0.141. The molecule has 0 radical (unpaired) electrons. The maximum Gasteiger partial charge on any atom is 0.239 e. The molecule has 1 aromatic carbocycles. The van der Waals surface area contributed by atoms with Crippen LogP contribution in [0.5, 0.6) is 0 Å². The third-order valence-electron chi connectivity index (χ3n) is 5.08. The van der Waals surface area contributed by atoms with Crippen LogP contribution in [-0.4, -0.2) is 79.1 Å². The molecule has 0 N–H and O–H groups in total. The fourth-order valence-electron chi connectivity index (χ4n) is 3.42. The number of amides is 1. The molecular formula is C18H25ClFN3O2. The molecule has 2 fully saturated rings. The van der Waals surface area contributed by atoms with Crippen molar-refractivity contribution in [3.05, 3.63) is 34.6 Å². The molecule has 0 spiro atoms. The lowest BCUT2D eigenvalue weighted by Gasteiger charge is -2.39. The van der Waals surface area contributed by atoms with Crippen molar-refractivity contribution in [2.45, 2.75) is 19.5 Å². The van der Waals surface area contributed by atoms with Crippen LogP contribution in [0.15, 0.2) is 18.2 Å². The summed E-state index contributed by atoms with van der Waals surface area (Å²) >= 11 is 6.12. The molecule has 5 nitrogen and oxygen atoms in total. The van der Waals surface area contributed by atoms with Crippen LogP contribution in [0.1, 0.15) is 12.5 Å². The maximum atomic E-state index is 13.9. The molecule has 138 valence electrons. The van der Waals surface area contributed by atoms with E-state index in [1.54, 1.807) is 12.1 Å². The van der Waals surface area contributed by atoms with Gasteiger partial charge in [0.25, 0.3) is 0 Å². The first-order chi connectivity index (χ1) is 12.1. The third kappa shape index (κ3) is 4.50. The molecule has 25 heavy (non-hydrogen) atoms. The summed E-state index contributed by atoms with van der Waals surface area (Å²) in [6, 6.07) is 4.66. The number of carbonyl (C=O) groups excluding carboxylic acids is 1. The maximum absolute atomic E-state index is 13.9. The van der Waals surface area contributed by atoms with Crippen LogP contribution >= 0.6 is 11.6 Å². The molecule has 0 unspecified atom stereocenters. The number of piperazine rings is 1. The molecule has 2 heterocycles. The zero-order chi connectivity index (χ0) is 17.8. The van der Waals surface area contributed by atoms with Gasteiger partial charge in [-0.05, 0) is 19.1 Å². The van der Waals surface area contributed by atoms with Gasteiger partial charge in [-0.1, -0.05) is 17.7 Å². The molecule has 1 atom stereocenters. The molecule has 2 saturated heterocycles. The lowest BCUT2D eigenvalue weighted by Crippen LogP contribution is -2.55. The highest BCUT2D eigenvalue weighted by Crippen LogP contribution is 2.21. The number of rotatable bonds is 4. The van der Waals surface area contributed by atoms with Gasteiger partial charge in [0.2, 0.25) is 5.91 Å². The number of nitrogens with zero attached hydrogens (tertiary/aromatic N) is 3. The number of benzene rings is 1. The zero-order valence-electron chi connectivity index (χ0n) is 14.6. The average Bonchev–Trinajstić information content (AvgIpc) is 2.65. The Morgan fingerprint density at radius 3 is 2.52 bits per heavy atom. The summed E-state index contributed by atoms with van der Waals surface area (Å²) in [5.74, 6) is -0.0836. The Balaban J connectivity index is 1.52. The van der Waals surface area contributed by atoms with Crippen LogP contribution in [0.4, 0.5) is 4.39 Å². The van der Waals surface area contributed by atoms with Gasteiger partial charge in [0.15, 0.2) is 0 Å². The molecule has 0 aliphatic carbocycles. The molecule has 1 aromatic rings. The van der Waals surface area contributed by atoms with Crippen molar-refractivity contribution >= 4 is 17.5 Å². The predicted octanol–water partition coefficient (Wildman–Crippen LogP) is 1.84.